The first-order valence-electron chi connectivity index (χ1n) is 5.94. The van der Waals surface area contributed by atoms with E-state index in [1.807, 2.05) is 26.1 Å². The zero-order valence-electron chi connectivity index (χ0n) is 11.3. The van der Waals surface area contributed by atoms with Crippen molar-refractivity contribution >= 4 is 17.4 Å². The number of Topliss-reactive ketones (excluding diaryl/α,β-unsaturated/α-hetero) is 1. The Bertz CT molecular complexity index is 665. The van der Waals surface area contributed by atoms with Crippen molar-refractivity contribution in [1.29, 1.82) is 0 Å². The molecule has 0 saturated heterocycles. The van der Waals surface area contributed by atoms with E-state index in [2.05, 4.69) is 4.98 Å². The topological polar surface area (TPSA) is 85.9 Å². The van der Waals surface area contributed by atoms with Crippen LogP contribution in [0.5, 0.6) is 0 Å². The lowest BCUT2D eigenvalue weighted by Gasteiger charge is -2.08. The van der Waals surface area contributed by atoms with Crippen LogP contribution in [0.2, 0.25) is 0 Å². The Morgan fingerprint density at radius 2 is 2.00 bits per heavy atom. The standard InChI is InChI=1S/C14H16N4O/c1-8-12(15)13(17-14(16)18(8)3)11-6-4-5-10(7-11)9(2)19/h4-7,16H,15H2,1-3H3/p+1. The number of carbonyl (C=O) groups is 1. The van der Waals surface area contributed by atoms with Gasteiger partial charge in [0.05, 0.1) is 7.05 Å². The maximum atomic E-state index is 11.4. The minimum Gasteiger partial charge on any atom is -0.393 e. The molecule has 19 heavy (non-hydrogen) atoms. The summed E-state index contributed by atoms with van der Waals surface area (Å²) >= 11 is 0. The fourth-order valence-electron chi connectivity index (χ4n) is 1.88. The molecule has 4 N–H and O–H groups in total. The second kappa shape index (κ2) is 4.68. The first-order chi connectivity index (χ1) is 8.91. The van der Waals surface area contributed by atoms with E-state index in [4.69, 9.17) is 11.5 Å². The van der Waals surface area contributed by atoms with Crippen LogP contribution < -0.4 is 16.0 Å². The normalized spacial score (nSPS) is 10.5. The fraction of sp³-hybridized carbons (Fsp3) is 0.214. The van der Waals surface area contributed by atoms with E-state index in [1.54, 1.807) is 16.7 Å². The number of carbonyl (C=O) groups excluding carboxylic acids is 1. The van der Waals surface area contributed by atoms with Crippen molar-refractivity contribution in [3.05, 3.63) is 35.5 Å². The molecule has 98 valence electrons. The van der Waals surface area contributed by atoms with Crippen molar-refractivity contribution in [3.63, 3.8) is 0 Å². The van der Waals surface area contributed by atoms with E-state index in [0.717, 1.165) is 11.3 Å². The molecule has 0 bridgehead atoms. The number of anilines is 2. The van der Waals surface area contributed by atoms with Gasteiger partial charge < -0.3 is 5.73 Å². The minimum absolute atomic E-state index is 0.00611. The predicted molar refractivity (Wildman–Crippen MR) is 74.4 cm³/mol. The van der Waals surface area contributed by atoms with Crippen LogP contribution in [-0.2, 0) is 7.05 Å². The molecular weight excluding hydrogens is 240 g/mol. The summed E-state index contributed by atoms with van der Waals surface area (Å²) in [7, 11) is 1.81. The molecule has 0 amide bonds. The van der Waals surface area contributed by atoms with Gasteiger partial charge in [-0.15, -0.1) is 0 Å². The summed E-state index contributed by atoms with van der Waals surface area (Å²) in [4.78, 5) is 15.7. The Morgan fingerprint density at radius 1 is 1.32 bits per heavy atom. The van der Waals surface area contributed by atoms with Crippen molar-refractivity contribution < 1.29 is 9.36 Å². The maximum absolute atomic E-state index is 11.4. The highest BCUT2D eigenvalue weighted by atomic mass is 16.1. The Hall–Kier alpha value is -2.43. The molecular formula is C14H17N4O+. The number of hydrogen-bond donors (Lipinski definition) is 2. The highest BCUT2D eigenvalue weighted by Gasteiger charge is 2.18. The molecule has 0 radical (unpaired) electrons. The lowest BCUT2D eigenvalue weighted by Crippen LogP contribution is -2.38. The molecule has 1 heterocycles. The van der Waals surface area contributed by atoms with Crippen LogP contribution in [0.3, 0.4) is 0 Å². The molecule has 5 heteroatoms. The van der Waals surface area contributed by atoms with Gasteiger partial charge in [-0.2, -0.15) is 0 Å². The number of hydrogen-bond acceptors (Lipinski definition) is 4. The molecule has 0 aliphatic rings. The van der Waals surface area contributed by atoms with Crippen molar-refractivity contribution in [2.45, 2.75) is 13.8 Å². The lowest BCUT2D eigenvalue weighted by atomic mass is 10.0. The molecule has 0 aliphatic carbocycles. The van der Waals surface area contributed by atoms with E-state index < -0.39 is 0 Å². The molecule has 1 aromatic heterocycles. The Kier molecular flexibility index (Phi) is 3.21. The van der Waals surface area contributed by atoms with Crippen LogP contribution in [0.4, 0.5) is 11.6 Å². The summed E-state index contributed by atoms with van der Waals surface area (Å²) < 4.78 is 1.73. The van der Waals surface area contributed by atoms with Gasteiger partial charge in [-0.3, -0.25) is 10.5 Å². The molecule has 0 fully saturated rings. The number of rotatable bonds is 2. The third-order valence-electron chi connectivity index (χ3n) is 3.26. The second-order valence-electron chi connectivity index (χ2n) is 4.51. The summed E-state index contributed by atoms with van der Waals surface area (Å²) in [6, 6.07) is 7.22. The summed E-state index contributed by atoms with van der Waals surface area (Å²) in [6.45, 7) is 3.41. The van der Waals surface area contributed by atoms with Gasteiger partial charge in [0.1, 0.15) is 11.4 Å². The fourth-order valence-corrected chi connectivity index (χ4v) is 1.88. The third-order valence-corrected chi connectivity index (χ3v) is 3.26. The number of nitrogens with two attached hydrogens (primary N) is 2. The van der Waals surface area contributed by atoms with Crippen LogP contribution in [-0.4, -0.2) is 10.8 Å². The first kappa shape index (κ1) is 13.0. The summed E-state index contributed by atoms with van der Waals surface area (Å²) in [6.07, 6.45) is 0. The predicted octanol–water partition coefficient (Wildman–Crippen LogP) is 1.25. The van der Waals surface area contributed by atoms with Gasteiger partial charge in [0.2, 0.25) is 0 Å². The summed E-state index contributed by atoms with van der Waals surface area (Å²) in [5.74, 6) is 0.390. The molecule has 5 nitrogen and oxygen atoms in total. The Morgan fingerprint density at radius 3 is 2.63 bits per heavy atom. The average molecular weight is 257 g/mol. The highest BCUT2D eigenvalue weighted by Crippen LogP contribution is 2.26. The van der Waals surface area contributed by atoms with Crippen LogP contribution in [0.15, 0.2) is 24.3 Å². The lowest BCUT2D eigenvalue weighted by molar-refractivity contribution is -0.664. The van der Waals surface area contributed by atoms with Gasteiger partial charge in [-0.25, -0.2) is 4.57 Å². The Labute approximate surface area is 111 Å². The smallest absolute Gasteiger partial charge is 0.389 e. The molecule has 1 aromatic carbocycles. The van der Waals surface area contributed by atoms with Gasteiger partial charge in [0.25, 0.3) is 0 Å². The van der Waals surface area contributed by atoms with Crippen LogP contribution in [0.1, 0.15) is 23.0 Å². The van der Waals surface area contributed by atoms with E-state index >= 15 is 0 Å². The third kappa shape index (κ3) is 2.27. The molecule has 2 rings (SSSR count). The number of nitrogens with zero attached hydrogens (tertiary/aromatic N) is 2. The van der Waals surface area contributed by atoms with Gasteiger partial charge in [0.15, 0.2) is 11.5 Å². The van der Waals surface area contributed by atoms with E-state index in [0.29, 0.717) is 22.9 Å². The second-order valence-corrected chi connectivity index (χ2v) is 4.51. The quantitative estimate of drug-likeness (QED) is 0.626. The zero-order chi connectivity index (χ0) is 14.2. The van der Waals surface area contributed by atoms with Crippen molar-refractivity contribution in [3.8, 4) is 11.3 Å². The summed E-state index contributed by atoms with van der Waals surface area (Å²) in [5.41, 5.74) is 15.4. The number of nitrogen functional groups attached to an aromatic ring is 2. The SMILES string of the molecule is CC(=O)c1cccc(-c2nc(N)[n+](C)c(C)c2N)c1. The van der Waals surface area contributed by atoms with Gasteiger partial charge in [-0.1, -0.05) is 23.2 Å². The Balaban J connectivity index is 2.66. The van der Waals surface area contributed by atoms with Crippen LogP contribution in [0.25, 0.3) is 11.3 Å². The molecule has 0 spiro atoms. The number of ketones is 1. The first-order valence-corrected chi connectivity index (χ1v) is 5.94. The zero-order valence-corrected chi connectivity index (χ0v) is 11.3. The molecule has 0 atom stereocenters. The number of benzene rings is 1. The van der Waals surface area contributed by atoms with Gasteiger partial charge in [0, 0.05) is 11.1 Å². The van der Waals surface area contributed by atoms with Crippen LogP contribution >= 0.6 is 0 Å². The number of aromatic nitrogens is 2. The van der Waals surface area contributed by atoms with Crippen molar-refractivity contribution in [2.24, 2.45) is 7.05 Å². The van der Waals surface area contributed by atoms with E-state index in [-0.39, 0.29) is 5.78 Å². The van der Waals surface area contributed by atoms with Gasteiger partial charge in [-0.05, 0) is 19.9 Å². The summed E-state index contributed by atoms with van der Waals surface area (Å²) in [5, 5.41) is 0. The molecule has 0 unspecified atom stereocenters. The maximum Gasteiger partial charge on any atom is 0.389 e. The van der Waals surface area contributed by atoms with E-state index in [1.165, 1.54) is 6.92 Å². The molecule has 0 saturated carbocycles. The van der Waals surface area contributed by atoms with E-state index in [9.17, 15) is 4.79 Å². The molecule has 0 aliphatic heterocycles. The molecule has 2 aromatic rings. The monoisotopic (exact) mass is 257 g/mol. The van der Waals surface area contributed by atoms with Crippen molar-refractivity contribution in [2.75, 3.05) is 11.5 Å². The van der Waals surface area contributed by atoms with Crippen molar-refractivity contribution in [1.82, 2.24) is 4.98 Å². The largest absolute Gasteiger partial charge is 0.393 e. The highest BCUT2D eigenvalue weighted by molar-refractivity contribution is 5.95. The average Bonchev–Trinajstić information content (AvgIpc) is 2.40. The minimum atomic E-state index is 0.00611. The van der Waals surface area contributed by atoms with Crippen LogP contribution in [0, 0.1) is 6.92 Å². The van der Waals surface area contributed by atoms with Gasteiger partial charge >= 0.3 is 5.95 Å².